The van der Waals surface area contributed by atoms with Crippen LogP contribution in [0.25, 0.3) is 0 Å². The Kier molecular flexibility index (Phi) is 6.86. The highest BCUT2D eigenvalue weighted by molar-refractivity contribution is 5.84. The van der Waals surface area contributed by atoms with Gasteiger partial charge in [0, 0.05) is 19.3 Å². The molecule has 0 rings (SSSR count). The van der Waals surface area contributed by atoms with Crippen LogP contribution in [0.3, 0.4) is 0 Å². The molecule has 0 aliphatic carbocycles. The lowest BCUT2D eigenvalue weighted by atomic mass is 9.93. The number of nitrogens with one attached hydrogen (secondary N) is 1. The molecule has 108 valence electrons. The number of nitrogens with two attached hydrogens (primary N) is 1. The van der Waals surface area contributed by atoms with Crippen molar-refractivity contribution in [3.63, 3.8) is 0 Å². The van der Waals surface area contributed by atoms with Gasteiger partial charge in [0.15, 0.2) is 0 Å². The molecule has 1 atom stereocenters. The fraction of sp³-hybridized carbons (Fsp3) is 0.929. The summed E-state index contributed by atoms with van der Waals surface area (Å²) in [7, 11) is 0. The van der Waals surface area contributed by atoms with Crippen molar-refractivity contribution in [2.45, 2.75) is 66.0 Å². The van der Waals surface area contributed by atoms with Gasteiger partial charge >= 0.3 is 0 Å². The average molecular weight is 258 g/mol. The monoisotopic (exact) mass is 258 g/mol. The summed E-state index contributed by atoms with van der Waals surface area (Å²) in [4.78, 5) is 11.5. The van der Waals surface area contributed by atoms with E-state index >= 15 is 0 Å². The Labute approximate surface area is 112 Å². The highest BCUT2D eigenvalue weighted by Crippen LogP contribution is 2.18. The van der Waals surface area contributed by atoms with E-state index < -0.39 is 5.54 Å². The number of amides is 1. The van der Waals surface area contributed by atoms with Crippen molar-refractivity contribution >= 4 is 5.91 Å². The molecule has 0 saturated heterocycles. The predicted molar refractivity (Wildman–Crippen MR) is 75.4 cm³/mol. The first-order chi connectivity index (χ1) is 8.07. The van der Waals surface area contributed by atoms with Crippen molar-refractivity contribution in [2.75, 3.05) is 13.2 Å². The van der Waals surface area contributed by atoms with Gasteiger partial charge in [0.2, 0.25) is 5.91 Å². The number of primary amides is 1. The number of hydrogen-bond donors (Lipinski definition) is 2. The molecule has 0 fully saturated rings. The molecular formula is C14H30N2O2. The van der Waals surface area contributed by atoms with Crippen molar-refractivity contribution < 1.29 is 9.53 Å². The first-order valence-corrected chi connectivity index (χ1v) is 6.72. The van der Waals surface area contributed by atoms with Gasteiger partial charge in [-0.1, -0.05) is 20.8 Å². The Hall–Kier alpha value is -0.610. The maximum Gasteiger partial charge on any atom is 0.237 e. The van der Waals surface area contributed by atoms with Crippen LogP contribution >= 0.6 is 0 Å². The van der Waals surface area contributed by atoms with E-state index in [0.717, 1.165) is 13.0 Å². The summed E-state index contributed by atoms with van der Waals surface area (Å²) in [5, 5.41) is 3.21. The molecule has 0 saturated carbocycles. The molecule has 1 amide bonds. The van der Waals surface area contributed by atoms with E-state index in [1.165, 1.54) is 0 Å². The van der Waals surface area contributed by atoms with Crippen LogP contribution in [0.5, 0.6) is 0 Å². The van der Waals surface area contributed by atoms with Gasteiger partial charge in [-0.25, -0.2) is 0 Å². The fourth-order valence-electron chi connectivity index (χ4n) is 1.66. The number of rotatable bonds is 8. The lowest BCUT2D eigenvalue weighted by Crippen LogP contribution is -2.56. The van der Waals surface area contributed by atoms with E-state index in [-0.39, 0.29) is 17.4 Å². The molecule has 0 spiro atoms. The molecule has 18 heavy (non-hydrogen) atoms. The molecule has 0 aromatic carbocycles. The van der Waals surface area contributed by atoms with E-state index in [4.69, 9.17) is 10.5 Å². The standard InChI is InChI=1S/C14H30N2O2/c1-11(2)16-14(6,12(15)17)8-10-18-9-7-13(3,4)5/h11,16H,7-10H2,1-6H3,(H2,15,17). The Morgan fingerprint density at radius 1 is 1.17 bits per heavy atom. The van der Waals surface area contributed by atoms with Crippen molar-refractivity contribution in [3.8, 4) is 0 Å². The highest BCUT2D eigenvalue weighted by Gasteiger charge is 2.30. The Bertz CT molecular complexity index is 259. The van der Waals surface area contributed by atoms with Gasteiger partial charge in [-0.2, -0.15) is 0 Å². The molecule has 1 unspecified atom stereocenters. The van der Waals surface area contributed by atoms with E-state index in [0.29, 0.717) is 13.0 Å². The van der Waals surface area contributed by atoms with Crippen LogP contribution in [-0.2, 0) is 9.53 Å². The van der Waals surface area contributed by atoms with Crippen LogP contribution in [0.4, 0.5) is 0 Å². The fourth-order valence-corrected chi connectivity index (χ4v) is 1.66. The molecule has 0 bridgehead atoms. The van der Waals surface area contributed by atoms with E-state index in [1.807, 2.05) is 20.8 Å². The molecule has 0 radical (unpaired) electrons. The maximum atomic E-state index is 11.5. The van der Waals surface area contributed by atoms with Gasteiger partial charge < -0.3 is 15.8 Å². The zero-order valence-corrected chi connectivity index (χ0v) is 12.8. The second kappa shape index (κ2) is 7.10. The second-order valence-corrected chi connectivity index (χ2v) is 6.67. The zero-order valence-electron chi connectivity index (χ0n) is 12.8. The molecule has 3 N–H and O–H groups in total. The van der Waals surface area contributed by atoms with Crippen LogP contribution in [0, 0.1) is 5.41 Å². The molecule has 0 aromatic heterocycles. The van der Waals surface area contributed by atoms with Gasteiger partial charge in [0.1, 0.15) is 0 Å². The number of carbonyl (C=O) groups is 1. The van der Waals surface area contributed by atoms with E-state index in [9.17, 15) is 4.79 Å². The number of hydrogen-bond acceptors (Lipinski definition) is 3. The summed E-state index contributed by atoms with van der Waals surface area (Å²) in [6, 6.07) is 0.220. The second-order valence-electron chi connectivity index (χ2n) is 6.67. The Morgan fingerprint density at radius 3 is 2.06 bits per heavy atom. The summed E-state index contributed by atoms with van der Waals surface area (Å²) in [6.45, 7) is 13.7. The van der Waals surface area contributed by atoms with Crippen LogP contribution in [-0.4, -0.2) is 30.7 Å². The first-order valence-electron chi connectivity index (χ1n) is 6.72. The third-order valence-electron chi connectivity index (χ3n) is 2.89. The summed E-state index contributed by atoms with van der Waals surface area (Å²) in [5.41, 5.74) is 5.04. The maximum absolute atomic E-state index is 11.5. The minimum atomic E-state index is -0.685. The van der Waals surface area contributed by atoms with Crippen LogP contribution in [0.1, 0.15) is 54.4 Å². The van der Waals surface area contributed by atoms with Gasteiger partial charge in [-0.15, -0.1) is 0 Å². The zero-order chi connectivity index (χ0) is 14.4. The Morgan fingerprint density at radius 2 is 1.67 bits per heavy atom. The quantitative estimate of drug-likeness (QED) is 0.655. The van der Waals surface area contributed by atoms with Gasteiger partial charge in [0.05, 0.1) is 5.54 Å². The van der Waals surface area contributed by atoms with E-state index in [2.05, 4.69) is 26.1 Å². The van der Waals surface area contributed by atoms with E-state index in [1.54, 1.807) is 0 Å². The molecule has 0 aromatic rings. The molecule has 4 nitrogen and oxygen atoms in total. The minimum Gasteiger partial charge on any atom is -0.381 e. The third-order valence-corrected chi connectivity index (χ3v) is 2.89. The number of carbonyl (C=O) groups excluding carboxylic acids is 1. The summed E-state index contributed by atoms with van der Waals surface area (Å²) >= 11 is 0. The first kappa shape index (κ1) is 17.4. The third kappa shape index (κ3) is 7.67. The molecule has 0 aliphatic heterocycles. The van der Waals surface area contributed by atoms with Gasteiger partial charge in [0.25, 0.3) is 0 Å². The largest absolute Gasteiger partial charge is 0.381 e. The highest BCUT2D eigenvalue weighted by atomic mass is 16.5. The van der Waals surface area contributed by atoms with Crippen molar-refractivity contribution in [2.24, 2.45) is 11.1 Å². The summed E-state index contributed by atoms with van der Waals surface area (Å²) in [5.74, 6) is -0.323. The Balaban J connectivity index is 4.03. The predicted octanol–water partition coefficient (Wildman–Crippen LogP) is 2.07. The molecule has 0 aliphatic rings. The minimum absolute atomic E-state index is 0.220. The molecule has 4 heteroatoms. The summed E-state index contributed by atoms with van der Waals surface area (Å²) in [6.07, 6.45) is 1.61. The lowest BCUT2D eigenvalue weighted by molar-refractivity contribution is -0.125. The summed E-state index contributed by atoms with van der Waals surface area (Å²) < 4.78 is 5.59. The van der Waals surface area contributed by atoms with Crippen molar-refractivity contribution in [3.05, 3.63) is 0 Å². The van der Waals surface area contributed by atoms with Crippen LogP contribution < -0.4 is 11.1 Å². The van der Waals surface area contributed by atoms with Crippen molar-refractivity contribution in [1.82, 2.24) is 5.32 Å². The molecular weight excluding hydrogens is 228 g/mol. The number of ether oxygens (including phenoxy) is 1. The van der Waals surface area contributed by atoms with Crippen LogP contribution in [0.15, 0.2) is 0 Å². The normalized spacial score (nSPS) is 15.7. The smallest absolute Gasteiger partial charge is 0.237 e. The lowest BCUT2D eigenvalue weighted by Gasteiger charge is -2.30. The van der Waals surface area contributed by atoms with Gasteiger partial charge in [-0.3, -0.25) is 4.79 Å². The van der Waals surface area contributed by atoms with Crippen LogP contribution in [0.2, 0.25) is 0 Å². The average Bonchev–Trinajstić information content (AvgIpc) is 2.13. The van der Waals surface area contributed by atoms with Crippen molar-refractivity contribution in [1.29, 1.82) is 0 Å². The topological polar surface area (TPSA) is 64.3 Å². The SMILES string of the molecule is CC(C)NC(C)(CCOCCC(C)(C)C)C(N)=O. The van der Waals surface area contributed by atoms with Gasteiger partial charge in [-0.05, 0) is 39.0 Å². The molecule has 0 heterocycles.